The molecular weight excluding hydrogens is 314 g/mol. The molecule has 0 aliphatic carbocycles. The van der Waals surface area contributed by atoms with E-state index < -0.39 is 6.10 Å². The van der Waals surface area contributed by atoms with Crippen molar-refractivity contribution in [3.05, 3.63) is 62.6 Å². The van der Waals surface area contributed by atoms with Gasteiger partial charge in [-0.05, 0) is 55.7 Å². The van der Waals surface area contributed by atoms with Crippen molar-refractivity contribution in [3.8, 4) is 0 Å². The van der Waals surface area contributed by atoms with Crippen LogP contribution in [0.2, 0.25) is 0 Å². The molecule has 2 aromatic carbocycles. The van der Waals surface area contributed by atoms with E-state index in [9.17, 15) is 5.11 Å². The van der Waals surface area contributed by atoms with Crippen LogP contribution in [-0.4, -0.2) is 5.11 Å². The highest BCUT2D eigenvalue weighted by Crippen LogP contribution is 2.29. The maximum atomic E-state index is 10.5. The van der Waals surface area contributed by atoms with Crippen LogP contribution in [0.5, 0.6) is 0 Å². The lowest BCUT2D eigenvalue weighted by molar-refractivity contribution is 0.178. The highest BCUT2D eigenvalue weighted by Gasteiger charge is 2.15. The molecule has 0 radical (unpaired) electrons. The topological polar surface area (TPSA) is 46.2 Å². The first-order valence-corrected chi connectivity index (χ1v) is 7.47. The Morgan fingerprint density at radius 3 is 2.30 bits per heavy atom. The van der Waals surface area contributed by atoms with E-state index in [-0.39, 0.29) is 0 Å². The van der Waals surface area contributed by atoms with E-state index in [2.05, 4.69) is 48.8 Å². The average Bonchev–Trinajstić information content (AvgIpc) is 2.36. The van der Waals surface area contributed by atoms with Gasteiger partial charge in [0, 0.05) is 22.1 Å². The fraction of sp³-hybridized carbons (Fsp3) is 0.294. The van der Waals surface area contributed by atoms with Crippen LogP contribution in [0.4, 0.5) is 5.69 Å². The monoisotopic (exact) mass is 333 g/mol. The number of hydrogen-bond donors (Lipinski definition) is 2. The zero-order valence-electron chi connectivity index (χ0n) is 12.1. The van der Waals surface area contributed by atoms with Crippen molar-refractivity contribution in [1.29, 1.82) is 0 Å². The number of aliphatic hydroxyl groups excluding tert-OH is 1. The third-order valence-electron chi connectivity index (χ3n) is 3.65. The largest absolute Gasteiger partial charge is 0.398 e. The molecule has 2 aromatic rings. The van der Waals surface area contributed by atoms with Crippen molar-refractivity contribution in [1.82, 2.24) is 0 Å². The van der Waals surface area contributed by atoms with E-state index >= 15 is 0 Å². The standard InChI is InChI=1S/C17H20BrNO/c1-10-6-11(2)14(12(3)7-10)9-17(20)15-8-13(18)4-5-16(15)19/h4-8,17,20H,9,19H2,1-3H3. The molecule has 106 valence electrons. The van der Waals surface area contributed by atoms with Crippen molar-refractivity contribution in [2.75, 3.05) is 5.73 Å². The number of nitrogen functional groups attached to an aromatic ring is 1. The molecule has 0 amide bonds. The van der Waals surface area contributed by atoms with E-state index in [1.165, 1.54) is 22.3 Å². The lowest BCUT2D eigenvalue weighted by atomic mass is 9.92. The molecule has 0 aliphatic rings. The third kappa shape index (κ3) is 3.22. The summed E-state index contributed by atoms with van der Waals surface area (Å²) in [6.45, 7) is 6.27. The van der Waals surface area contributed by atoms with Gasteiger partial charge in [-0.25, -0.2) is 0 Å². The molecule has 0 spiro atoms. The minimum atomic E-state index is -0.590. The van der Waals surface area contributed by atoms with Gasteiger partial charge < -0.3 is 10.8 Å². The summed E-state index contributed by atoms with van der Waals surface area (Å²) in [5.74, 6) is 0. The fourth-order valence-electron chi connectivity index (χ4n) is 2.67. The van der Waals surface area contributed by atoms with Gasteiger partial charge in [0.15, 0.2) is 0 Å². The maximum absolute atomic E-state index is 10.5. The van der Waals surface area contributed by atoms with E-state index in [1.807, 2.05) is 18.2 Å². The molecule has 0 heterocycles. The first-order chi connectivity index (χ1) is 9.38. The minimum absolute atomic E-state index is 0.582. The number of rotatable bonds is 3. The van der Waals surface area contributed by atoms with Crippen molar-refractivity contribution in [2.24, 2.45) is 0 Å². The molecule has 2 rings (SSSR count). The number of aryl methyl sites for hydroxylation is 3. The Labute approximate surface area is 128 Å². The average molecular weight is 334 g/mol. The van der Waals surface area contributed by atoms with Gasteiger partial charge in [-0.15, -0.1) is 0 Å². The van der Waals surface area contributed by atoms with Gasteiger partial charge in [0.25, 0.3) is 0 Å². The van der Waals surface area contributed by atoms with Crippen molar-refractivity contribution < 1.29 is 5.11 Å². The van der Waals surface area contributed by atoms with Crippen LogP contribution in [0.15, 0.2) is 34.8 Å². The van der Waals surface area contributed by atoms with Crippen LogP contribution in [0.3, 0.4) is 0 Å². The molecule has 1 atom stereocenters. The summed E-state index contributed by atoms with van der Waals surface area (Å²) >= 11 is 3.42. The molecule has 1 unspecified atom stereocenters. The van der Waals surface area contributed by atoms with Crippen LogP contribution in [-0.2, 0) is 6.42 Å². The first-order valence-electron chi connectivity index (χ1n) is 6.68. The zero-order valence-corrected chi connectivity index (χ0v) is 13.7. The minimum Gasteiger partial charge on any atom is -0.398 e. The Balaban J connectivity index is 2.32. The number of hydrogen-bond acceptors (Lipinski definition) is 2. The summed E-state index contributed by atoms with van der Waals surface area (Å²) in [7, 11) is 0. The predicted molar refractivity (Wildman–Crippen MR) is 87.9 cm³/mol. The van der Waals surface area contributed by atoms with Crippen LogP contribution in [0, 0.1) is 20.8 Å². The van der Waals surface area contributed by atoms with Crippen LogP contribution < -0.4 is 5.73 Å². The van der Waals surface area contributed by atoms with Gasteiger partial charge in [-0.3, -0.25) is 0 Å². The zero-order chi connectivity index (χ0) is 14.9. The summed E-state index contributed by atoms with van der Waals surface area (Å²) in [5.41, 5.74) is 12.3. The van der Waals surface area contributed by atoms with E-state index in [4.69, 9.17) is 5.73 Å². The SMILES string of the molecule is Cc1cc(C)c(CC(O)c2cc(Br)ccc2N)c(C)c1. The Morgan fingerprint density at radius 2 is 1.70 bits per heavy atom. The van der Waals surface area contributed by atoms with Crippen molar-refractivity contribution in [2.45, 2.75) is 33.3 Å². The summed E-state index contributed by atoms with van der Waals surface area (Å²) < 4.78 is 0.929. The molecule has 0 saturated heterocycles. The van der Waals surface area contributed by atoms with Crippen LogP contribution in [0.25, 0.3) is 0 Å². The maximum Gasteiger partial charge on any atom is 0.0850 e. The Hall–Kier alpha value is -1.32. The van der Waals surface area contributed by atoms with Gasteiger partial charge in [0.2, 0.25) is 0 Å². The molecule has 20 heavy (non-hydrogen) atoms. The van der Waals surface area contributed by atoms with E-state index in [0.29, 0.717) is 12.1 Å². The number of anilines is 1. The summed E-state index contributed by atoms with van der Waals surface area (Å²) in [5, 5.41) is 10.5. The molecule has 0 aromatic heterocycles. The Kier molecular flexibility index (Phi) is 4.51. The molecular formula is C17H20BrNO. The predicted octanol–water partition coefficient (Wildman–Crippen LogP) is 4.23. The van der Waals surface area contributed by atoms with Crippen LogP contribution >= 0.6 is 15.9 Å². The number of nitrogens with two attached hydrogens (primary N) is 1. The number of benzene rings is 2. The lowest BCUT2D eigenvalue weighted by Crippen LogP contribution is -2.08. The Morgan fingerprint density at radius 1 is 1.10 bits per heavy atom. The van der Waals surface area contributed by atoms with E-state index in [1.54, 1.807) is 0 Å². The van der Waals surface area contributed by atoms with E-state index in [0.717, 1.165) is 10.0 Å². The smallest absolute Gasteiger partial charge is 0.0850 e. The quantitative estimate of drug-likeness (QED) is 0.825. The second-order valence-corrected chi connectivity index (χ2v) is 6.29. The molecule has 0 bridgehead atoms. The molecule has 2 nitrogen and oxygen atoms in total. The Bertz CT molecular complexity index is 614. The molecule has 3 heteroatoms. The third-order valence-corrected chi connectivity index (χ3v) is 4.14. The number of halogens is 1. The summed E-state index contributed by atoms with van der Waals surface area (Å²) in [6, 6.07) is 9.89. The van der Waals surface area contributed by atoms with Gasteiger partial charge >= 0.3 is 0 Å². The highest BCUT2D eigenvalue weighted by molar-refractivity contribution is 9.10. The second kappa shape index (κ2) is 5.98. The normalized spacial score (nSPS) is 12.4. The van der Waals surface area contributed by atoms with Gasteiger partial charge in [-0.2, -0.15) is 0 Å². The summed E-state index contributed by atoms with van der Waals surface area (Å²) in [6.07, 6.45) is -0.00824. The lowest BCUT2D eigenvalue weighted by Gasteiger charge is -2.17. The van der Waals surface area contributed by atoms with Gasteiger partial charge in [0.05, 0.1) is 6.10 Å². The molecule has 3 N–H and O–H groups in total. The fourth-order valence-corrected chi connectivity index (χ4v) is 3.05. The van der Waals surface area contributed by atoms with Crippen molar-refractivity contribution in [3.63, 3.8) is 0 Å². The molecule has 0 fully saturated rings. The van der Waals surface area contributed by atoms with Gasteiger partial charge in [0.1, 0.15) is 0 Å². The molecule has 0 aliphatic heterocycles. The van der Waals surface area contributed by atoms with Crippen molar-refractivity contribution >= 4 is 21.6 Å². The highest BCUT2D eigenvalue weighted by atomic mass is 79.9. The number of aliphatic hydroxyl groups is 1. The second-order valence-electron chi connectivity index (χ2n) is 5.37. The van der Waals surface area contributed by atoms with Crippen LogP contribution in [0.1, 0.15) is 33.9 Å². The van der Waals surface area contributed by atoms with Gasteiger partial charge in [-0.1, -0.05) is 33.6 Å². The summed E-state index contributed by atoms with van der Waals surface area (Å²) in [4.78, 5) is 0. The first kappa shape index (κ1) is 15.1. The molecule has 0 saturated carbocycles.